The Hall–Kier alpha value is -2.29. The predicted molar refractivity (Wildman–Crippen MR) is 108 cm³/mol. The van der Waals surface area contributed by atoms with Gasteiger partial charge in [-0.05, 0) is 85.8 Å². The van der Waals surface area contributed by atoms with Crippen LogP contribution in [-0.2, 0) is 24.1 Å². The molecule has 3 heteroatoms. The molecule has 0 radical (unpaired) electrons. The zero-order valence-electron chi connectivity index (χ0n) is 16.2. The number of benzene rings is 2. The number of carbonyl (C=O) groups is 1. The van der Waals surface area contributed by atoms with Crippen LogP contribution in [0.3, 0.4) is 0 Å². The third-order valence-corrected chi connectivity index (χ3v) is 5.95. The first-order valence-electron chi connectivity index (χ1n) is 10.4. The third kappa shape index (κ3) is 4.02. The molecule has 0 aliphatic heterocycles. The number of hydrogen-bond donors (Lipinski definition) is 1. The van der Waals surface area contributed by atoms with Crippen molar-refractivity contribution in [1.29, 1.82) is 0 Å². The minimum Gasteiger partial charge on any atom is -0.481 e. The third-order valence-electron chi connectivity index (χ3n) is 5.95. The van der Waals surface area contributed by atoms with Gasteiger partial charge in [0.15, 0.2) is 6.10 Å². The van der Waals surface area contributed by atoms with Crippen molar-refractivity contribution in [3.63, 3.8) is 0 Å². The molecular weight excluding hydrogens is 334 g/mol. The van der Waals surface area contributed by atoms with Crippen LogP contribution in [-0.4, -0.2) is 12.0 Å². The van der Waals surface area contributed by atoms with Gasteiger partial charge in [-0.1, -0.05) is 37.3 Å². The van der Waals surface area contributed by atoms with E-state index in [2.05, 4.69) is 41.7 Å². The van der Waals surface area contributed by atoms with Crippen LogP contribution >= 0.6 is 0 Å². The second-order valence-corrected chi connectivity index (χ2v) is 7.80. The highest BCUT2D eigenvalue weighted by molar-refractivity contribution is 5.81. The first-order valence-corrected chi connectivity index (χ1v) is 10.4. The van der Waals surface area contributed by atoms with E-state index in [1.54, 1.807) is 0 Å². The molecule has 2 unspecified atom stereocenters. The number of fused-ring (bicyclic) bond motifs is 2. The quantitative estimate of drug-likeness (QED) is 0.819. The molecule has 1 N–H and O–H groups in total. The predicted octanol–water partition coefficient (Wildman–Crippen LogP) is 4.92. The standard InChI is InChI=1S/C24H29NO2/c1-2-23(27-20-15-14-17-8-3-4-10-19(17)16-20)24(26)25-22-13-7-11-18-9-5-6-12-21(18)22/h5-6,9,12,14-16,22-23H,2-4,7-8,10-11,13H2,1H3,(H,25,26). The molecule has 1 amide bonds. The number of rotatable bonds is 5. The van der Waals surface area contributed by atoms with E-state index in [1.165, 1.54) is 35.1 Å². The molecule has 0 saturated carbocycles. The van der Waals surface area contributed by atoms with Gasteiger partial charge >= 0.3 is 0 Å². The van der Waals surface area contributed by atoms with Gasteiger partial charge in [0.1, 0.15) is 5.75 Å². The van der Waals surface area contributed by atoms with E-state index in [9.17, 15) is 4.79 Å². The SMILES string of the molecule is CCC(Oc1ccc2c(c1)CCCC2)C(=O)NC1CCCc2ccccc21. The fraction of sp³-hybridized carbons (Fsp3) is 0.458. The molecule has 142 valence electrons. The molecule has 0 aromatic heterocycles. The first kappa shape index (κ1) is 18.1. The van der Waals surface area contributed by atoms with E-state index in [-0.39, 0.29) is 11.9 Å². The smallest absolute Gasteiger partial charge is 0.261 e. The Bertz CT molecular complexity index is 814. The van der Waals surface area contributed by atoms with Gasteiger partial charge in [0.05, 0.1) is 6.04 Å². The molecule has 2 aromatic rings. The van der Waals surface area contributed by atoms with Crippen LogP contribution < -0.4 is 10.1 Å². The Morgan fingerprint density at radius 2 is 1.81 bits per heavy atom. The Labute approximate surface area is 162 Å². The lowest BCUT2D eigenvalue weighted by Crippen LogP contribution is -2.41. The number of carbonyl (C=O) groups excluding carboxylic acids is 1. The Balaban J connectivity index is 1.44. The van der Waals surface area contributed by atoms with E-state index >= 15 is 0 Å². The number of amides is 1. The fourth-order valence-corrected chi connectivity index (χ4v) is 4.44. The molecule has 0 spiro atoms. The van der Waals surface area contributed by atoms with Gasteiger partial charge in [-0.3, -0.25) is 4.79 Å². The molecule has 2 aromatic carbocycles. The summed E-state index contributed by atoms with van der Waals surface area (Å²) in [5.41, 5.74) is 5.44. The molecular formula is C24H29NO2. The van der Waals surface area contributed by atoms with Crippen LogP contribution in [0.1, 0.15) is 67.3 Å². The van der Waals surface area contributed by atoms with Crippen LogP contribution in [0.5, 0.6) is 5.75 Å². The van der Waals surface area contributed by atoms with E-state index in [0.29, 0.717) is 6.42 Å². The molecule has 0 saturated heterocycles. The highest BCUT2D eigenvalue weighted by atomic mass is 16.5. The largest absolute Gasteiger partial charge is 0.481 e. The summed E-state index contributed by atoms with van der Waals surface area (Å²) >= 11 is 0. The van der Waals surface area contributed by atoms with Crippen LogP contribution in [0.25, 0.3) is 0 Å². The van der Waals surface area contributed by atoms with Crippen LogP contribution in [0.15, 0.2) is 42.5 Å². The molecule has 27 heavy (non-hydrogen) atoms. The average Bonchev–Trinajstić information content (AvgIpc) is 2.72. The van der Waals surface area contributed by atoms with Crippen molar-refractivity contribution in [3.05, 3.63) is 64.7 Å². The van der Waals surface area contributed by atoms with Gasteiger partial charge in [0, 0.05) is 0 Å². The van der Waals surface area contributed by atoms with E-state index in [1.807, 2.05) is 13.0 Å². The topological polar surface area (TPSA) is 38.3 Å². The van der Waals surface area contributed by atoms with Crippen LogP contribution in [0.4, 0.5) is 0 Å². The fourth-order valence-electron chi connectivity index (χ4n) is 4.44. The summed E-state index contributed by atoms with van der Waals surface area (Å²) in [6.07, 6.45) is 8.24. The van der Waals surface area contributed by atoms with Crippen molar-refractivity contribution < 1.29 is 9.53 Å². The molecule has 2 atom stereocenters. The molecule has 4 rings (SSSR count). The van der Waals surface area contributed by atoms with Crippen LogP contribution in [0.2, 0.25) is 0 Å². The zero-order chi connectivity index (χ0) is 18.6. The van der Waals surface area contributed by atoms with Gasteiger partial charge in [-0.15, -0.1) is 0 Å². The van der Waals surface area contributed by atoms with Gasteiger partial charge < -0.3 is 10.1 Å². The average molecular weight is 364 g/mol. The minimum absolute atomic E-state index is 0.00285. The van der Waals surface area contributed by atoms with Crippen molar-refractivity contribution in [2.75, 3.05) is 0 Å². The molecule has 2 aliphatic rings. The van der Waals surface area contributed by atoms with Crippen molar-refractivity contribution in [2.24, 2.45) is 0 Å². The summed E-state index contributed by atoms with van der Waals surface area (Å²) in [5, 5.41) is 3.24. The Morgan fingerprint density at radius 1 is 1.04 bits per heavy atom. The highest BCUT2D eigenvalue weighted by Crippen LogP contribution is 2.30. The lowest BCUT2D eigenvalue weighted by atomic mass is 9.87. The summed E-state index contributed by atoms with van der Waals surface area (Å²) in [5.74, 6) is 0.818. The maximum Gasteiger partial charge on any atom is 0.261 e. The summed E-state index contributed by atoms with van der Waals surface area (Å²) in [4.78, 5) is 12.9. The van der Waals surface area contributed by atoms with Gasteiger partial charge in [0.2, 0.25) is 0 Å². The zero-order valence-corrected chi connectivity index (χ0v) is 16.2. The lowest BCUT2D eigenvalue weighted by Gasteiger charge is -2.28. The molecule has 0 fully saturated rings. The second kappa shape index (κ2) is 8.16. The molecule has 0 bridgehead atoms. The number of aryl methyl sites for hydroxylation is 3. The minimum atomic E-state index is -0.444. The Kier molecular flexibility index (Phi) is 5.47. The van der Waals surface area contributed by atoms with Crippen molar-refractivity contribution in [1.82, 2.24) is 5.32 Å². The molecule has 0 heterocycles. The number of ether oxygens (including phenoxy) is 1. The molecule has 2 aliphatic carbocycles. The van der Waals surface area contributed by atoms with E-state index < -0.39 is 6.10 Å². The summed E-state index contributed by atoms with van der Waals surface area (Å²) < 4.78 is 6.11. The number of hydrogen-bond acceptors (Lipinski definition) is 2. The monoisotopic (exact) mass is 363 g/mol. The highest BCUT2D eigenvalue weighted by Gasteiger charge is 2.26. The maximum atomic E-state index is 12.9. The van der Waals surface area contributed by atoms with Crippen LogP contribution in [0, 0.1) is 0 Å². The van der Waals surface area contributed by atoms with Crippen molar-refractivity contribution in [2.45, 2.75) is 70.4 Å². The lowest BCUT2D eigenvalue weighted by molar-refractivity contribution is -0.129. The second-order valence-electron chi connectivity index (χ2n) is 7.80. The summed E-state index contributed by atoms with van der Waals surface area (Å²) in [7, 11) is 0. The van der Waals surface area contributed by atoms with Gasteiger partial charge in [0.25, 0.3) is 5.91 Å². The first-order chi connectivity index (χ1) is 13.2. The van der Waals surface area contributed by atoms with Crippen molar-refractivity contribution >= 4 is 5.91 Å². The summed E-state index contributed by atoms with van der Waals surface area (Å²) in [6, 6.07) is 14.9. The maximum absolute atomic E-state index is 12.9. The van der Waals surface area contributed by atoms with E-state index in [4.69, 9.17) is 4.74 Å². The molecule has 3 nitrogen and oxygen atoms in total. The van der Waals surface area contributed by atoms with Gasteiger partial charge in [-0.25, -0.2) is 0 Å². The summed E-state index contributed by atoms with van der Waals surface area (Å²) in [6.45, 7) is 2.01. The Morgan fingerprint density at radius 3 is 2.67 bits per heavy atom. The van der Waals surface area contributed by atoms with E-state index in [0.717, 1.165) is 37.9 Å². The van der Waals surface area contributed by atoms with Crippen molar-refractivity contribution in [3.8, 4) is 5.75 Å². The van der Waals surface area contributed by atoms with Gasteiger partial charge in [-0.2, -0.15) is 0 Å². The normalized spacial score (nSPS) is 19.5. The number of nitrogens with one attached hydrogen (secondary N) is 1.